The fourth-order valence-corrected chi connectivity index (χ4v) is 4.25. The van der Waals surface area contributed by atoms with E-state index in [9.17, 15) is 4.79 Å². The molecule has 1 amide bonds. The molecule has 0 radical (unpaired) electrons. The van der Waals surface area contributed by atoms with Gasteiger partial charge in [0.25, 0.3) is 0 Å². The summed E-state index contributed by atoms with van der Waals surface area (Å²) in [7, 11) is 1.66. The number of pyridine rings is 1. The third kappa shape index (κ3) is 6.04. The Bertz CT molecular complexity index is 1380. The van der Waals surface area contributed by atoms with E-state index >= 15 is 0 Å². The number of aromatic nitrogens is 5. The van der Waals surface area contributed by atoms with E-state index in [1.54, 1.807) is 25.5 Å². The lowest BCUT2D eigenvalue weighted by Gasteiger charge is -2.34. The van der Waals surface area contributed by atoms with Crippen LogP contribution in [0.1, 0.15) is 17.1 Å². The number of anilines is 3. The molecule has 4 aromatic rings. The van der Waals surface area contributed by atoms with Crippen LogP contribution in [0.25, 0.3) is 11.5 Å². The molecule has 3 N–H and O–H groups in total. The number of aryl methyl sites for hydroxylation is 1. The highest BCUT2D eigenvalue weighted by Crippen LogP contribution is 2.20. The Morgan fingerprint density at radius 3 is 2.57 bits per heavy atom. The smallest absolute Gasteiger partial charge is 0.238 e. The summed E-state index contributed by atoms with van der Waals surface area (Å²) < 4.78 is 0. The van der Waals surface area contributed by atoms with Crippen molar-refractivity contribution in [2.24, 2.45) is 0 Å². The summed E-state index contributed by atoms with van der Waals surface area (Å²) in [6, 6.07) is 17.5. The van der Waals surface area contributed by atoms with E-state index in [1.807, 2.05) is 31.2 Å². The van der Waals surface area contributed by atoms with Crippen LogP contribution < -0.4 is 20.9 Å². The minimum atomic E-state index is -0.207. The minimum Gasteiger partial charge on any atom is -0.368 e. The first kappa shape index (κ1) is 24.3. The molecule has 10 heteroatoms. The average Bonchev–Trinajstić information content (AvgIpc) is 2.93. The summed E-state index contributed by atoms with van der Waals surface area (Å²) in [5, 5.41) is 9.23. The van der Waals surface area contributed by atoms with Gasteiger partial charge < -0.3 is 20.9 Å². The number of hydrogen-bond donors (Lipinski definition) is 3. The summed E-state index contributed by atoms with van der Waals surface area (Å²) in [6.45, 7) is 4.20. The Kier molecular flexibility index (Phi) is 7.27. The summed E-state index contributed by atoms with van der Waals surface area (Å²) in [4.78, 5) is 36.8. The third-order valence-electron chi connectivity index (χ3n) is 6.14. The molecule has 0 aliphatic carbocycles. The summed E-state index contributed by atoms with van der Waals surface area (Å²) in [6.07, 6.45) is 4.04. The third-order valence-corrected chi connectivity index (χ3v) is 6.14. The van der Waals surface area contributed by atoms with Crippen molar-refractivity contribution in [1.82, 2.24) is 35.6 Å². The SMILES string of the molecule is CNC(=O)[C@H]1CN(c2ccc(Cc3nccc(Nc4ccnc(-c5cccc(C)n5)n4)n3)cc2)CCN1. The summed E-state index contributed by atoms with van der Waals surface area (Å²) in [5.74, 6) is 2.55. The highest BCUT2D eigenvalue weighted by Gasteiger charge is 2.24. The lowest BCUT2D eigenvalue weighted by Crippen LogP contribution is -2.56. The maximum absolute atomic E-state index is 12.0. The van der Waals surface area contributed by atoms with Gasteiger partial charge in [0.1, 0.15) is 29.2 Å². The number of carbonyl (C=O) groups excluding carboxylic acids is 1. The zero-order chi connectivity index (χ0) is 25.6. The fourth-order valence-electron chi connectivity index (χ4n) is 4.25. The molecule has 188 valence electrons. The van der Waals surface area contributed by atoms with Crippen molar-refractivity contribution in [3.05, 3.63) is 84.1 Å². The summed E-state index contributed by atoms with van der Waals surface area (Å²) in [5.41, 5.74) is 3.83. The van der Waals surface area contributed by atoms with Crippen LogP contribution in [0.4, 0.5) is 17.3 Å². The zero-order valence-electron chi connectivity index (χ0n) is 20.8. The second-order valence-corrected chi connectivity index (χ2v) is 8.82. The second kappa shape index (κ2) is 11.1. The molecule has 1 atom stereocenters. The Morgan fingerprint density at radius 1 is 1.00 bits per heavy atom. The van der Waals surface area contributed by atoms with Gasteiger partial charge in [-0.2, -0.15) is 0 Å². The number of piperazine rings is 1. The number of nitrogens with one attached hydrogen (secondary N) is 3. The van der Waals surface area contributed by atoms with Crippen molar-refractivity contribution in [3.8, 4) is 11.5 Å². The van der Waals surface area contributed by atoms with Crippen molar-refractivity contribution < 1.29 is 4.79 Å². The quantitative estimate of drug-likeness (QED) is 0.355. The number of hydrogen-bond acceptors (Lipinski definition) is 9. The van der Waals surface area contributed by atoms with Gasteiger partial charge in [-0.3, -0.25) is 4.79 Å². The van der Waals surface area contributed by atoms with E-state index in [4.69, 9.17) is 0 Å². The molecular weight excluding hydrogens is 466 g/mol. The Labute approximate surface area is 215 Å². The number of nitrogens with zero attached hydrogens (tertiary/aromatic N) is 6. The molecule has 1 fully saturated rings. The second-order valence-electron chi connectivity index (χ2n) is 8.82. The first-order valence-corrected chi connectivity index (χ1v) is 12.2. The Morgan fingerprint density at radius 2 is 1.78 bits per heavy atom. The molecule has 3 aromatic heterocycles. The molecule has 0 saturated carbocycles. The van der Waals surface area contributed by atoms with Crippen LogP contribution in [0.3, 0.4) is 0 Å². The standard InChI is InChI=1S/C27H29N9O/c1-18-4-3-5-21(32-18)26-31-13-11-24(35-26)33-23-10-12-30-25(34-23)16-19-6-8-20(9-7-19)36-15-14-29-22(17-36)27(37)28-2/h3-13,22,29H,14-17H2,1-2H3,(H,28,37)(H,30,31,33,34,35)/t22-/m1/s1. The molecule has 1 aliphatic rings. The largest absolute Gasteiger partial charge is 0.368 e. The molecule has 37 heavy (non-hydrogen) atoms. The van der Waals surface area contributed by atoms with Gasteiger partial charge in [0.05, 0.1) is 0 Å². The molecule has 0 bridgehead atoms. The fraction of sp³-hybridized carbons (Fsp3) is 0.259. The van der Waals surface area contributed by atoms with E-state index in [1.165, 1.54) is 0 Å². The monoisotopic (exact) mass is 495 g/mol. The number of benzene rings is 1. The minimum absolute atomic E-state index is 0.0111. The van der Waals surface area contributed by atoms with Gasteiger partial charge >= 0.3 is 0 Å². The maximum Gasteiger partial charge on any atom is 0.238 e. The van der Waals surface area contributed by atoms with Crippen LogP contribution in [0.2, 0.25) is 0 Å². The van der Waals surface area contributed by atoms with Crippen LogP contribution in [0, 0.1) is 6.92 Å². The van der Waals surface area contributed by atoms with E-state index < -0.39 is 0 Å². The molecule has 10 nitrogen and oxygen atoms in total. The Hall–Kier alpha value is -4.44. The lowest BCUT2D eigenvalue weighted by atomic mass is 10.1. The molecule has 1 aromatic carbocycles. The van der Waals surface area contributed by atoms with Crippen molar-refractivity contribution in [1.29, 1.82) is 0 Å². The molecule has 4 heterocycles. The average molecular weight is 496 g/mol. The van der Waals surface area contributed by atoms with Gasteiger partial charge in [-0.15, -0.1) is 0 Å². The van der Waals surface area contributed by atoms with E-state index in [2.05, 4.69) is 70.0 Å². The number of carbonyl (C=O) groups is 1. The highest BCUT2D eigenvalue weighted by molar-refractivity contribution is 5.82. The van der Waals surface area contributed by atoms with Gasteiger partial charge in [0, 0.05) is 56.9 Å². The summed E-state index contributed by atoms with van der Waals surface area (Å²) >= 11 is 0. The van der Waals surface area contributed by atoms with Crippen molar-refractivity contribution in [2.45, 2.75) is 19.4 Å². The van der Waals surface area contributed by atoms with Gasteiger partial charge in [0.2, 0.25) is 5.91 Å². The molecule has 5 rings (SSSR count). The molecule has 0 spiro atoms. The lowest BCUT2D eigenvalue weighted by molar-refractivity contribution is -0.122. The van der Waals surface area contributed by atoms with Gasteiger partial charge in [-0.25, -0.2) is 24.9 Å². The van der Waals surface area contributed by atoms with Crippen LogP contribution in [-0.2, 0) is 11.2 Å². The zero-order valence-corrected chi connectivity index (χ0v) is 20.8. The van der Waals surface area contributed by atoms with Crippen molar-refractivity contribution in [3.63, 3.8) is 0 Å². The van der Waals surface area contributed by atoms with Gasteiger partial charge in [-0.1, -0.05) is 18.2 Å². The van der Waals surface area contributed by atoms with Crippen LogP contribution in [0.5, 0.6) is 0 Å². The molecule has 1 aliphatic heterocycles. The van der Waals surface area contributed by atoms with E-state index in [0.29, 0.717) is 36.3 Å². The van der Waals surface area contributed by atoms with Crippen molar-refractivity contribution in [2.75, 3.05) is 36.9 Å². The molecule has 1 saturated heterocycles. The first-order valence-electron chi connectivity index (χ1n) is 12.2. The molecule has 0 unspecified atom stereocenters. The first-order chi connectivity index (χ1) is 18.1. The number of rotatable bonds is 7. The number of amides is 1. The Balaban J connectivity index is 1.24. The van der Waals surface area contributed by atoms with Crippen molar-refractivity contribution >= 4 is 23.2 Å². The molecular formula is C27H29N9O. The number of likely N-dealkylation sites (N-methyl/N-ethyl adjacent to an activating group) is 1. The highest BCUT2D eigenvalue weighted by atomic mass is 16.2. The van der Waals surface area contributed by atoms with Gasteiger partial charge in [-0.05, 0) is 48.9 Å². The predicted octanol–water partition coefficient (Wildman–Crippen LogP) is 2.50. The normalized spacial score (nSPS) is 15.3. The predicted molar refractivity (Wildman–Crippen MR) is 143 cm³/mol. The van der Waals surface area contributed by atoms with E-state index in [0.717, 1.165) is 35.7 Å². The van der Waals surface area contributed by atoms with Crippen LogP contribution >= 0.6 is 0 Å². The topological polar surface area (TPSA) is 121 Å². The van der Waals surface area contributed by atoms with Gasteiger partial charge in [0.15, 0.2) is 5.82 Å². The van der Waals surface area contributed by atoms with Crippen LogP contribution in [0.15, 0.2) is 67.0 Å². The van der Waals surface area contributed by atoms with Crippen LogP contribution in [-0.4, -0.2) is 63.6 Å². The van der Waals surface area contributed by atoms with E-state index in [-0.39, 0.29) is 11.9 Å². The maximum atomic E-state index is 12.0.